The Kier molecular flexibility index (Phi) is 13.0. The van der Waals surface area contributed by atoms with Crippen molar-refractivity contribution in [3.8, 4) is 0 Å². The van der Waals surface area contributed by atoms with Gasteiger partial charge in [0.05, 0.1) is 16.5 Å². The fourth-order valence-corrected chi connectivity index (χ4v) is 5.31. The summed E-state index contributed by atoms with van der Waals surface area (Å²) in [5.41, 5.74) is 1.08. The van der Waals surface area contributed by atoms with E-state index in [0.717, 1.165) is 24.3 Å². The van der Waals surface area contributed by atoms with Crippen LogP contribution in [0.3, 0.4) is 0 Å². The maximum atomic E-state index is 12.8. The molecule has 0 spiro atoms. The molecule has 8 heteroatoms. The molecule has 39 heavy (non-hydrogen) atoms. The number of amides is 2. The summed E-state index contributed by atoms with van der Waals surface area (Å²) in [6.07, 6.45) is 15.2. The number of hydrazone groups is 1. The molecule has 0 atom stereocenters. The van der Waals surface area contributed by atoms with Crippen LogP contribution in [0.25, 0.3) is 0 Å². The average molecular weight is 573 g/mol. The highest BCUT2D eigenvalue weighted by molar-refractivity contribution is 6.41. The van der Waals surface area contributed by atoms with E-state index in [1.54, 1.807) is 24.3 Å². The zero-order chi connectivity index (χ0) is 28.0. The maximum absolute atomic E-state index is 12.8. The van der Waals surface area contributed by atoms with Crippen LogP contribution in [0.15, 0.2) is 47.6 Å². The number of benzene rings is 2. The molecule has 0 saturated heterocycles. The van der Waals surface area contributed by atoms with Gasteiger partial charge in [-0.2, -0.15) is 10.1 Å². The number of carbonyl (C=O) groups is 3. The Morgan fingerprint density at radius 2 is 1.36 bits per heavy atom. The molecule has 2 aromatic rings. The molecule has 1 aliphatic rings. The SMILES string of the molecule is CCCCCCCCCCCCCCC(=O)c1cc(Cl)c(N2N=C(NC(=O)c3ccccc3)CC2=O)c(Cl)c1. The molecule has 3 rings (SSSR count). The number of Topliss-reactive ketones (excluding diaryl/α,β-unsaturated/α-hetero) is 1. The van der Waals surface area contributed by atoms with Gasteiger partial charge < -0.3 is 5.32 Å². The van der Waals surface area contributed by atoms with Crippen molar-refractivity contribution in [3.05, 3.63) is 63.6 Å². The van der Waals surface area contributed by atoms with E-state index in [4.69, 9.17) is 23.2 Å². The van der Waals surface area contributed by atoms with Crippen LogP contribution in [0, 0.1) is 0 Å². The Morgan fingerprint density at radius 1 is 0.821 bits per heavy atom. The van der Waals surface area contributed by atoms with Crippen LogP contribution < -0.4 is 10.3 Å². The number of rotatable bonds is 16. The van der Waals surface area contributed by atoms with Gasteiger partial charge in [0.2, 0.25) is 0 Å². The van der Waals surface area contributed by atoms with Gasteiger partial charge >= 0.3 is 0 Å². The van der Waals surface area contributed by atoms with Gasteiger partial charge in [0.25, 0.3) is 11.8 Å². The van der Waals surface area contributed by atoms with E-state index in [1.807, 2.05) is 6.07 Å². The molecule has 1 aliphatic heterocycles. The molecule has 0 unspecified atom stereocenters. The number of unbranched alkanes of at least 4 members (excludes halogenated alkanes) is 11. The quantitative estimate of drug-likeness (QED) is 0.161. The van der Waals surface area contributed by atoms with E-state index in [1.165, 1.54) is 69.9 Å². The molecule has 0 radical (unpaired) electrons. The molecule has 210 valence electrons. The third kappa shape index (κ3) is 9.77. The van der Waals surface area contributed by atoms with Crippen LogP contribution in [0.5, 0.6) is 0 Å². The van der Waals surface area contributed by atoms with E-state index in [0.29, 0.717) is 17.5 Å². The van der Waals surface area contributed by atoms with Gasteiger partial charge in [0.1, 0.15) is 11.5 Å². The Labute approximate surface area is 242 Å². The van der Waals surface area contributed by atoms with Crippen LogP contribution >= 0.6 is 23.2 Å². The summed E-state index contributed by atoms with van der Waals surface area (Å²) < 4.78 is 0. The molecule has 0 aliphatic carbocycles. The summed E-state index contributed by atoms with van der Waals surface area (Å²) >= 11 is 12.9. The Balaban J connectivity index is 1.44. The highest BCUT2D eigenvalue weighted by atomic mass is 35.5. The first-order valence-electron chi connectivity index (χ1n) is 14.2. The number of carbonyl (C=O) groups excluding carboxylic acids is 3. The first kappa shape index (κ1) is 30.8. The van der Waals surface area contributed by atoms with E-state index < -0.39 is 0 Å². The summed E-state index contributed by atoms with van der Waals surface area (Å²) in [7, 11) is 0. The number of hydrogen-bond acceptors (Lipinski definition) is 4. The van der Waals surface area contributed by atoms with Gasteiger partial charge in [-0.3, -0.25) is 14.4 Å². The minimum atomic E-state index is -0.377. The van der Waals surface area contributed by atoms with Crippen molar-refractivity contribution < 1.29 is 14.4 Å². The molecule has 1 heterocycles. The van der Waals surface area contributed by atoms with Crippen LogP contribution in [0.2, 0.25) is 10.0 Å². The van der Waals surface area contributed by atoms with Crippen molar-refractivity contribution in [1.29, 1.82) is 0 Å². The zero-order valence-electron chi connectivity index (χ0n) is 22.8. The van der Waals surface area contributed by atoms with Crippen LogP contribution in [0.4, 0.5) is 5.69 Å². The van der Waals surface area contributed by atoms with Crippen molar-refractivity contribution >= 4 is 52.3 Å². The van der Waals surface area contributed by atoms with Crippen LogP contribution in [-0.4, -0.2) is 23.4 Å². The molecule has 2 aromatic carbocycles. The van der Waals surface area contributed by atoms with Crippen molar-refractivity contribution in [2.75, 3.05) is 5.01 Å². The third-order valence-electron chi connectivity index (χ3n) is 6.88. The summed E-state index contributed by atoms with van der Waals surface area (Å²) in [4.78, 5) is 37.8. The van der Waals surface area contributed by atoms with Gasteiger partial charge in [-0.05, 0) is 30.7 Å². The van der Waals surface area contributed by atoms with Gasteiger partial charge in [0, 0.05) is 17.5 Å². The summed E-state index contributed by atoms with van der Waals surface area (Å²) in [6, 6.07) is 11.7. The average Bonchev–Trinajstić information content (AvgIpc) is 3.28. The molecular formula is C31H39Cl2N3O3. The first-order chi connectivity index (χ1) is 18.9. The zero-order valence-corrected chi connectivity index (χ0v) is 24.3. The number of anilines is 1. The topological polar surface area (TPSA) is 78.8 Å². The summed E-state index contributed by atoms with van der Waals surface area (Å²) in [5, 5.41) is 8.30. The highest BCUT2D eigenvalue weighted by Gasteiger charge is 2.30. The molecular weight excluding hydrogens is 533 g/mol. The number of nitrogens with one attached hydrogen (secondary N) is 1. The van der Waals surface area contributed by atoms with Crippen molar-refractivity contribution in [1.82, 2.24) is 5.32 Å². The standard InChI is InChI=1S/C31H39Cl2N3O3/c1-2-3-4-5-6-7-8-9-10-11-12-16-19-27(37)24-20-25(32)30(26(33)21-24)36-29(38)22-28(35-36)34-31(39)23-17-14-13-15-18-23/h13-15,17-18,20-21H,2-12,16,19,22H2,1H3,(H,34,35,39). The number of nitrogens with zero attached hydrogens (tertiary/aromatic N) is 2. The summed E-state index contributed by atoms with van der Waals surface area (Å²) in [5.74, 6) is -0.560. The van der Waals surface area contributed by atoms with Crippen molar-refractivity contribution in [2.45, 2.75) is 96.8 Å². The Morgan fingerprint density at radius 3 is 1.92 bits per heavy atom. The molecule has 6 nitrogen and oxygen atoms in total. The molecule has 0 aromatic heterocycles. The van der Waals surface area contributed by atoms with Gasteiger partial charge in [-0.15, -0.1) is 0 Å². The van der Waals surface area contributed by atoms with E-state index in [2.05, 4.69) is 17.3 Å². The van der Waals surface area contributed by atoms with Gasteiger partial charge in [-0.1, -0.05) is 119 Å². The lowest BCUT2D eigenvalue weighted by molar-refractivity contribution is -0.116. The van der Waals surface area contributed by atoms with Crippen molar-refractivity contribution in [2.24, 2.45) is 5.10 Å². The lowest BCUT2D eigenvalue weighted by atomic mass is 10.0. The van der Waals surface area contributed by atoms with Crippen molar-refractivity contribution in [3.63, 3.8) is 0 Å². The lowest BCUT2D eigenvalue weighted by Crippen LogP contribution is -2.29. The fraction of sp³-hybridized carbons (Fsp3) is 0.484. The molecule has 2 amide bonds. The Bertz CT molecular complexity index is 1130. The lowest BCUT2D eigenvalue weighted by Gasteiger charge is -2.16. The van der Waals surface area contributed by atoms with Crippen LogP contribution in [0.1, 0.15) is 118 Å². The monoisotopic (exact) mass is 571 g/mol. The smallest absolute Gasteiger partial charge is 0.256 e. The number of halogens is 2. The fourth-order valence-electron chi connectivity index (χ4n) is 4.67. The van der Waals surface area contributed by atoms with Crippen LogP contribution in [-0.2, 0) is 4.79 Å². The van der Waals surface area contributed by atoms with E-state index in [-0.39, 0.29) is 45.6 Å². The number of amidine groups is 1. The Hall–Kier alpha value is -2.70. The molecule has 0 bridgehead atoms. The number of ketones is 1. The summed E-state index contributed by atoms with van der Waals surface area (Å²) in [6.45, 7) is 2.24. The van der Waals surface area contributed by atoms with E-state index in [9.17, 15) is 14.4 Å². The highest BCUT2D eigenvalue weighted by Crippen LogP contribution is 2.37. The maximum Gasteiger partial charge on any atom is 0.256 e. The third-order valence-corrected chi connectivity index (χ3v) is 7.45. The molecule has 1 N–H and O–H groups in total. The predicted molar refractivity (Wildman–Crippen MR) is 160 cm³/mol. The first-order valence-corrected chi connectivity index (χ1v) is 15.0. The second-order valence-corrected chi connectivity index (χ2v) is 10.9. The largest absolute Gasteiger partial charge is 0.308 e. The number of hydrogen-bond donors (Lipinski definition) is 1. The van der Waals surface area contributed by atoms with Gasteiger partial charge in [-0.25, -0.2) is 0 Å². The van der Waals surface area contributed by atoms with Gasteiger partial charge in [0.15, 0.2) is 5.78 Å². The van der Waals surface area contributed by atoms with E-state index >= 15 is 0 Å². The molecule has 0 fully saturated rings. The second-order valence-electron chi connectivity index (χ2n) is 10.1. The molecule has 0 saturated carbocycles. The minimum absolute atomic E-state index is 0.0236. The second kappa shape index (κ2) is 16.4. The minimum Gasteiger partial charge on any atom is -0.308 e. The normalized spacial score (nSPS) is 13.1. The predicted octanol–water partition coefficient (Wildman–Crippen LogP) is 8.75.